The van der Waals surface area contributed by atoms with Gasteiger partial charge in [0.25, 0.3) is 0 Å². The van der Waals surface area contributed by atoms with E-state index in [2.05, 4.69) is 5.32 Å². The Morgan fingerprint density at radius 2 is 1.75 bits per heavy atom. The molecule has 6 rings (SSSR count). The van der Waals surface area contributed by atoms with Crippen LogP contribution in [0.5, 0.6) is 11.5 Å². The zero-order valence-electron chi connectivity index (χ0n) is 23.3. The van der Waals surface area contributed by atoms with E-state index in [1.807, 2.05) is 24.3 Å². The van der Waals surface area contributed by atoms with Crippen molar-refractivity contribution in [2.24, 2.45) is 0 Å². The Hall–Kier alpha value is -5.01. The van der Waals surface area contributed by atoms with Crippen LogP contribution in [0.4, 0.5) is 4.79 Å². The minimum atomic E-state index is -4.34. The molecule has 3 unspecified atom stereocenters. The molecular formula is C31H28N4O8S. The zero-order valence-corrected chi connectivity index (χ0v) is 24.1. The molecule has 226 valence electrons. The van der Waals surface area contributed by atoms with E-state index in [1.165, 1.54) is 29.2 Å². The van der Waals surface area contributed by atoms with Gasteiger partial charge in [0.1, 0.15) is 23.6 Å². The topological polar surface area (TPSA) is 160 Å². The molecule has 0 bridgehead atoms. The summed E-state index contributed by atoms with van der Waals surface area (Å²) in [6, 6.07) is 19.5. The Balaban J connectivity index is 1.25. The minimum absolute atomic E-state index is 0.00797. The number of rotatable bonds is 7. The van der Waals surface area contributed by atoms with Crippen LogP contribution in [0.25, 0.3) is 10.8 Å². The number of carbonyl (C=O) groups excluding carboxylic acids is 3. The van der Waals surface area contributed by atoms with Gasteiger partial charge in [0, 0.05) is 30.5 Å². The number of pyridine rings is 1. The summed E-state index contributed by atoms with van der Waals surface area (Å²) in [6.07, 6.45) is 0.345. The summed E-state index contributed by atoms with van der Waals surface area (Å²) in [7, 11) is -4.34. The second-order valence-electron chi connectivity index (χ2n) is 10.6. The van der Waals surface area contributed by atoms with Crippen molar-refractivity contribution in [1.29, 1.82) is 0 Å². The number of carbonyl (C=O) groups is 3. The lowest BCUT2D eigenvalue weighted by Crippen LogP contribution is -2.53. The molecule has 2 aliphatic rings. The number of amides is 2. The van der Waals surface area contributed by atoms with Crippen LogP contribution in [-0.4, -0.2) is 71.7 Å². The van der Waals surface area contributed by atoms with E-state index in [0.29, 0.717) is 16.7 Å². The second-order valence-corrected chi connectivity index (χ2v) is 12.5. The van der Waals surface area contributed by atoms with Gasteiger partial charge in [-0.25, -0.2) is 13.2 Å². The van der Waals surface area contributed by atoms with Crippen molar-refractivity contribution in [1.82, 2.24) is 14.5 Å². The molecule has 12 nitrogen and oxygen atoms in total. The molecule has 2 amide bonds. The Morgan fingerprint density at radius 1 is 1.02 bits per heavy atom. The fourth-order valence-electron chi connectivity index (χ4n) is 5.90. The van der Waals surface area contributed by atoms with Crippen molar-refractivity contribution in [2.45, 2.75) is 36.0 Å². The summed E-state index contributed by atoms with van der Waals surface area (Å²) in [4.78, 5) is 41.7. The summed E-state index contributed by atoms with van der Waals surface area (Å²) < 4.78 is 33.6. The van der Waals surface area contributed by atoms with Crippen LogP contribution < -0.4 is 14.8 Å². The minimum Gasteiger partial charge on any atom is -0.618 e. The van der Waals surface area contributed by atoms with Gasteiger partial charge in [0.2, 0.25) is 5.91 Å². The van der Waals surface area contributed by atoms with Crippen LogP contribution in [0.15, 0.2) is 96.2 Å². The Morgan fingerprint density at radius 3 is 2.52 bits per heavy atom. The zero-order chi connectivity index (χ0) is 31.0. The number of aromatic nitrogens is 1. The number of sulfonamides is 1. The lowest BCUT2D eigenvalue weighted by Gasteiger charge is -2.28. The number of ether oxygens (including phenoxy) is 1. The van der Waals surface area contributed by atoms with E-state index in [1.54, 1.807) is 30.3 Å². The first-order valence-corrected chi connectivity index (χ1v) is 15.3. The Labute approximate surface area is 252 Å². The molecule has 0 saturated carbocycles. The van der Waals surface area contributed by atoms with Crippen molar-refractivity contribution in [3.05, 3.63) is 102 Å². The molecule has 13 heteroatoms. The van der Waals surface area contributed by atoms with Crippen LogP contribution in [0.1, 0.15) is 12.0 Å². The first-order chi connectivity index (χ1) is 21.1. The molecule has 2 N–H and O–H groups in total. The molecule has 2 aliphatic heterocycles. The van der Waals surface area contributed by atoms with Gasteiger partial charge in [0.05, 0.1) is 12.6 Å². The molecule has 2 saturated heterocycles. The van der Waals surface area contributed by atoms with Crippen LogP contribution in [0, 0.1) is 5.21 Å². The number of likely N-dealkylation sites (tertiary alicyclic amines) is 1. The van der Waals surface area contributed by atoms with Crippen LogP contribution in [0.3, 0.4) is 0 Å². The van der Waals surface area contributed by atoms with E-state index in [0.717, 1.165) is 22.0 Å². The number of nitrogens with zero attached hydrogens (tertiary/aromatic N) is 3. The highest BCUT2D eigenvalue weighted by Crippen LogP contribution is 2.34. The number of phenolic OH excluding ortho intramolecular Hbond substituents is 1. The average Bonchev–Trinajstić information content (AvgIpc) is 3.59. The number of nitrogens with one attached hydrogen (secondary N) is 1. The molecule has 4 aromatic rings. The molecule has 0 spiro atoms. The summed E-state index contributed by atoms with van der Waals surface area (Å²) in [5.41, 5.74) is 0.619. The molecule has 3 atom stereocenters. The lowest BCUT2D eigenvalue weighted by molar-refractivity contribution is -0.646. The maximum absolute atomic E-state index is 14.0. The largest absolute Gasteiger partial charge is 0.618 e. The molecule has 44 heavy (non-hydrogen) atoms. The number of hydrogen-bond donors (Lipinski definition) is 2. The molecule has 2 fully saturated rings. The standard InChI is InChI=1S/C31H28N4O8S/c36-22-13-11-20(12-14-22)18-24(32-31(39)43-27-9-5-7-21-6-1-2-8-23(21)27)30(38)33-17-15-25-29(33)26(37)19-35(25)44(41,42)28-10-3-4-16-34(28)40/h1-14,16,24-25,29,36H,15,17-19H2,(H,32,39). The first kappa shape index (κ1) is 29.1. The quantitative estimate of drug-likeness (QED) is 0.236. The number of hydrogen-bond acceptors (Lipinski definition) is 8. The highest BCUT2D eigenvalue weighted by molar-refractivity contribution is 7.89. The third-order valence-corrected chi connectivity index (χ3v) is 9.80. The molecule has 0 radical (unpaired) electrons. The lowest BCUT2D eigenvalue weighted by atomic mass is 10.0. The Bertz CT molecular complexity index is 1860. The van der Waals surface area contributed by atoms with E-state index < -0.39 is 57.5 Å². The summed E-state index contributed by atoms with van der Waals surface area (Å²) >= 11 is 0. The van der Waals surface area contributed by atoms with Crippen molar-refractivity contribution in [3.63, 3.8) is 0 Å². The highest BCUT2D eigenvalue weighted by atomic mass is 32.2. The van der Waals surface area contributed by atoms with Crippen molar-refractivity contribution in [2.75, 3.05) is 13.1 Å². The molecule has 0 aliphatic carbocycles. The van der Waals surface area contributed by atoms with E-state index in [9.17, 15) is 33.1 Å². The van der Waals surface area contributed by atoms with Gasteiger partial charge >= 0.3 is 21.1 Å². The fraction of sp³-hybridized carbons (Fsp3) is 0.226. The number of benzene rings is 3. The molecular weight excluding hydrogens is 588 g/mol. The van der Waals surface area contributed by atoms with Crippen molar-refractivity contribution >= 4 is 38.6 Å². The number of aromatic hydroxyl groups is 1. The normalized spacial score (nSPS) is 19.1. The number of ketones is 1. The predicted molar refractivity (Wildman–Crippen MR) is 157 cm³/mol. The predicted octanol–water partition coefficient (Wildman–Crippen LogP) is 2.12. The smallest absolute Gasteiger partial charge is 0.413 e. The van der Waals surface area contributed by atoms with Gasteiger partial charge in [-0.2, -0.15) is 9.04 Å². The number of fused-ring (bicyclic) bond motifs is 2. The third-order valence-electron chi connectivity index (χ3n) is 7.94. The second kappa shape index (κ2) is 11.6. The van der Waals surface area contributed by atoms with Gasteiger partial charge in [-0.1, -0.05) is 48.5 Å². The maximum atomic E-state index is 14.0. The van der Waals surface area contributed by atoms with E-state index >= 15 is 0 Å². The molecule has 3 aromatic carbocycles. The van der Waals surface area contributed by atoms with Gasteiger partial charge in [-0.15, -0.1) is 0 Å². The van der Waals surface area contributed by atoms with Crippen LogP contribution >= 0.6 is 0 Å². The SMILES string of the molecule is O=C(NC(Cc1ccc(O)cc1)C(=O)N1CCC2C1C(=O)CN2S(=O)(=O)c1cccc[n+]1[O-])Oc1cccc2ccccc12. The summed E-state index contributed by atoms with van der Waals surface area (Å²) in [6.45, 7) is -0.431. The van der Waals surface area contributed by atoms with Crippen molar-refractivity contribution in [3.8, 4) is 11.5 Å². The summed E-state index contributed by atoms with van der Waals surface area (Å²) in [5, 5.41) is 25.6. The summed E-state index contributed by atoms with van der Waals surface area (Å²) in [5.74, 6) is -0.759. The number of phenols is 1. The third kappa shape index (κ3) is 5.42. The highest BCUT2D eigenvalue weighted by Gasteiger charge is 2.55. The van der Waals surface area contributed by atoms with E-state index in [4.69, 9.17) is 4.74 Å². The monoisotopic (exact) mass is 616 g/mol. The fourth-order valence-corrected chi connectivity index (χ4v) is 7.55. The average molecular weight is 617 g/mol. The maximum Gasteiger partial charge on any atom is 0.413 e. The first-order valence-electron chi connectivity index (χ1n) is 13.9. The van der Waals surface area contributed by atoms with Gasteiger partial charge in [-0.3, -0.25) is 9.59 Å². The Kier molecular flexibility index (Phi) is 7.66. The molecule has 1 aromatic heterocycles. The molecule has 3 heterocycles. The van der Waals surface area contributed by atoms with Crippen LogP contribution in [0.2, 0.25) is 0 Å². The van der Waals surface area contributed by atoms with Crippen LogP contribution in [-0.2, 0) is 26.0 Å². The number of Topliss-reactive ketones (excluding diaryl/α,β-unsaturated/α-hetero) is 1. The van der Waals surface area contributed by atoms with Gasteiger partial charge in [0.15, 0.2) is 12.0 Å². The van der Waals surface area contributed by atoms with Crippen molar-refractivity contribution < 1.29 is 37.4 Å². The van der Waals surface area contributed by atoms with E-state index in [-0.39, 0.29) is 29.9 Å². The van der Waals surface area contributed by atoms with Gasteiger partial charge < -0.3 is 25.3 Å². The van der Waals surface area contributed by atoms with Gasteiger partial charge in [-0.05, 0) is 41.6 Å².